The average molecular weight is 128 g/mol. The maximum Gasteiger partial charge on any atom is 0.115 e. The Bertz CT molecular complexity index is 118. The first kappa shape index (κ1) is 5.69. The molecule has 2 aliphatic heterocycles. The summed E-state index contributed by atoms with van der Waals surface area (Å²) in [6.07, 6.45) is 1.20. The molecule has 1 unspecified atom stereocenters. The summed E-state index contributed by atoms with van der Waals surface area (Å²) in [5.41, 5.74) is 0.166. The van der Waals surface area contributed by atoms with Crippen LogP contribution in [0.5, 0.6) is 0 Å². The van der Waals surface area contributed by atoms with Gasteiger partial charge in [0.1, 0.15) is 5.60 Å². The van der Waals surface area contributed by atoms with E-state index in [2.05, 4.69) is 6.92 Å². The van der Waals surface area contributed by atoms with Crippen LogP contribution in [0.25, 0.3) is 0 Å². The van der Waals surface area contributed by atoms with Crippen LogP contribution in [0, 0.1) is 5.92 Å². The summed E-state index contributed by atoms with van der Waals surface area (Å²) in [7, 11) is 0. The molecule has 9 heavy (non-hydrogen) atoms. The Hall–Kier alpha value is -0.0800. The average Bonchev–Trinajstić information content (AvgIpc) is 2.09. The fourth-order valence-corrected chi connectivity index (χ4v) is 1.60. The molecule has 0 saturated carbocycles. The quantitative estimate of drug-likeness (QED) is 0.480. The lowest BCUT2D eigenvalue weighted by molar-refractivity contribution is -0.184. The minimum Gasteiger partial charge on any atom is -0.375 e. The van der Waals surface area contributed by atoms with Crippen LogP contribution in [0.4, 0.5) is 0 Å². The van der Waals surface area contributed by atoms with Crippen molar-refractivity contribution in [1.82, 2.24) is 0 Å². The second-order valence-corrected chi connectivity index (χ2v) is 3.30. The van der Waals surface area contributed by atoms with Crippen molar-refractivity contribution in [3.05, 3.63) is 0 Å². The van der Waals surface area contributed by atoms with E-state index in [1.807, 2.05) is 0 Å². The molecular weight excluding hydrogens is 116 g/mol. The highest BCUT2D eigenvalue weighted by atomic mass is 16.6. The van der Waals surface area contributed by atoms with Gasteiger partial charge >= 0.3 is 0 Å². The number of rotatable bonds is 0. The largest absolute Gasteiger partial charge is 0.375 e. The monoisotopic (exact) mass is 128 g/mol. The van der Waals surface area contributed by atoms with Crippen molar-refractivity contribution in [3.63, 3.8) is 0 Å². The van der Waals surface area contributed by atoms with Crippen molar-refractivity contribution in [3.8, 4) is 0 Å². The zero-order valence-electron chi connectivity index (χ0n) is 5.72. The molecule has 2 fully saturated rings. The maximum absolute atomic E-state index is 5.56. The first-order valence-electron chi connectivity index (χ1n) is 3.52. The van der Waals surface area contributed by atoms with E-state index in [-0.39, 0.29) is 5.60 Å². The van der Waals surface area contributed by atoms with E-state index in [9.17, 15) is 0 Å². The molecule has 0 aliphatic carbocycles. The molecule has 1 spiro atoms. The molecule has 0 amide bonds. The van der Waals surface area contributed by atoms with Gasteiger partial charge in [-0.2, -0.15) is 0 Å². The predicted molar refractivity (Wildman–Crippen MR) is 33.3 cm³/mol. The molecule has 0 bridgehead atoms. The lowest BCUT2D eigenvalue weighted by Crippen LogP contribution is -2.48. The van der Waals surface area contributed by atoms with Crippen LogP contribution in [0.3, 0.4) is 0 Å². The Morgan fingerprint density at radius 1 is 1.44 bits per heavy atom. The molecule has 0 aromatic rings. The number of ether oxygens (including phenoxy) is 2. The first-order chi connectivity index (χ1) is 4.31. The Balaban J connectivity index is 1.99. The van der Waals surface area contributed by atoms with Gasteiger partial charge in [0.25, 0.3) is 0 Å². The summed E-state index contributed by atoms with van der Waals surface area (Å²) in [6.45, 7) is 4.82. The zero-order chi connectivity index (χ0) is 6.32. The van der Waals surface area contributed by atoms with Crippen LogP contribution < -0.4 is 0 Å². The normalized spacial score (nSPS) is 39.0. The molecule has 1 atom stereocenters. The van der Waals surface area contributed by atoms with E-state index in [0.29, 0.717) is 0 Å². The van der Waals surface area contributed by atoms with Gasteiger partial charge in [-0.1, -0.05) is 6.92 Å². The second-order valence-electron chi connectivity index (χ2n) is 3.30. The second kappa shape index (κ2) is 1.70. The Morgan fingerprint density at radius 3 is 2.44 bits per heavy atom. The van der Waals surface area contributed by atoms with E-state index < -0.39 is 0 Å². The van der Waals surface area contributed by atoms with Crippen LogP contribution in [-0.4, -0.2) is 25.4 Å². The van der Waals surface area contributed by atoms with Gasteiger partial charge in [0.15, 0.2) is 0 Å². The van der Waals surface area contributed by atoms with Crippen LogP contribution in [0.2, 0.25) is 0 Å². The number of hydrogen-bond donors (Lipinski definition) is 0. The summed E-state index contributed by atoms with van der Waals surface area (Å²) in [5, 5.41) is 0. The Kier molecular flexibility index (Phi) is 1.08. The highest BCUT2D eigenvalue weighted by Gasteiger charge is 2.45. The van der Waals surface area contributed by atoms with Crippen molar-refractivity contribution in [1.29, 1.82) is 0 Å². The summed E-state index contributed by atoms with van der Waals surface area (Å²) in [5.74, 6) is 0.744. The van der Waals surface area contributed by atoms with Gasteiger partial charge in [-0.25, -0.2) is 0 Å². The van der Waals surface area contributed by atoms with Gasteiger partial charge in [0, 0.05) is 0 Å². The van der Waals surface area contributed by atoms with E-state index in [1.165, 1.54) is 6.42 Å². The van der Waals surface area contributed by atoms with Crippen LogP contribution >= 0.6 is 0 Å². The summed E-state index contributed by atoms with van der Waals surface area (Å²) >= 11 is 0. The van der Waals surface area contributed by atoms with E-state index in [0.717, 1.165) is 25.7 Å². The van der Waals surface area contributed by atoms with Crippen LogP contribution in [0.1, 0.15) is 13.3 Å². The van der Waals surface area contributed by atoms with Gasteiger partial charge in [0.2, 0.25) is 0 Å². The van der Waals surface area contributed by atoms with Crippen molar-refractivity contribution in [2.45, 2.75) is 18.9 Å². The highest BCUT2D eigenvalue weighted by Crippen LogP contribution is 2.35. The van der Waals surface area contributed by atoms with Crippen molar-refractivity contribution >= 4 is 0 Å². The SMILES string of the molecule is CC1COC2(COC2)C1. The molecule has 0 N–H and O–H groups in total. The Morgan fingerprint density at radius 2 is 2.22 bits per heavy atom. The molecule has 2 saturated heterocycles. The minimum absolute atomic E-state index is 0.166. The molecular formula is C7H12O2. The molecule has 2 aliphatic rings. The maximum atomic E-state index is 5.56. The standard InChI is InChI=1S/C7H12O2/c1-6-2-7(9-3-6)4-8-5-7/h6H,2-5H2,1H3. The lowest BCUT2D eigenvalue weighted by Gasteiger charge is -2.36. The van der Waals surface area contributed by atoms with Gasteiger partial charge in [-0.05, 0) is 12.3 Å². The van der Waals surface area contributed by atoms with E-state index in [4.69, 9.17) is 9.47 Å². The van der Waals surface area contributed by atoms with Gasteiger partial charge in [-0.15, -0.1) is 0 Å². The van der Waals surface area contributed by atoms with Crippen molar-refractivity contribution in [2.24, 2.45) is 5.92 Å². The topological polar surface area (TPSA) is 18.5 Å². The molecule has 2 nitrogen and oxygen atoms in total. The molecule has 2 rings (SSSR count). The molecule has 2 heterocycles. The van der Waals surface area contributed by atoms with Crippen molar-refractivity contribution < 1.29 is 9.47 Å². The van der Waals surface area contributed by atoms with Gasteiger partial charge < -0.3 is 9.47 Å². The fourth-order valence-electron chi connectivity index (χ4n) is 1.60. The third kappa shape index (κ3) is 0.775. The molecule has 2 heteroatoms. The third-order valence-electron chi connectivity index (χ3n) is 2.12. The summed E-state index contributed by atoms with van der Waals surface area (Å²) < 4.78 is 10.6. The first-order valence-corrected chi connectivity index (χ1v) is 3.52. The molecule has 0 radical (unpaired) electrons. The number of hydrogen-bond acceptors (Lipinski definition) is 2. The van der Waals surface area contributed by atoms with Gasteiger partial charge in [0.05, 0.1) is 19.8 Å². The molecule has 0 aromatic carbocycles. The zero-order valence-corrected chi connectivity index (χ0v) is 5.72. The van der Waals surface area contributed by atoms with Crippen LogP contribution in [0.15, 0.2) is 0 Å². The minimum atomic E-state index is 0.166. The van der Waals surface area contributed by atoms with Crippen LogP contribution in [-0.2, 0) is 9.47 Å². The fraction of sp³-hybridized carbons (Fsp3) is 1.00. The van der Waals surface area contributed by atoms with Gasteiger partial charge in [-0.3, -0.25) is 0 Å². The highest BCUT2D eigenvalue weighted by molar-refractivity contribution is 4.93. The molecule has 52 valence electrons. The Labute approximate surface area is 55.1 Å². The molecule has 0 aromatic heterocycles. The predicted octanol–water partition coefficient (Wildman–Crippen LogP) is 0.812. The smallest absolute Gasteiger partial charge is 0.115 e. The van der Waals surface area contributed by atoms with E-state index >= 15 is 0 Å². The lowest BCUT2D eigenvalue weighted by atomic mass is 9.94. The summed E-state index contributed by atoms with van der Waals surface area (Å²) in [4.78, 5) is 0. The van der Waals surface area contributed by atoms with Crippen molar-refractivity contribution in [2.75, 3.05) is 19.8 Å². The van der Waals surface area contributed by atoms with E-state index in [1.54, 1.807) is 0 Å². The third-order valence-corrected chi connectivity index (χ3v) is 2.12. The summed E-state index contributed by atoms with van der Waals surface area (Å²) in [6, 6.07) is 0.